The number of nitro benzene ring substituents is 3. The highest BCUT2D eigenvalue weighted by atomic mass is 32.3. The third-order valence-corrected chi connectivity index (χ3v) is 3.99. The fourth-order valence-electron chi connectivity index (χ4n) is 2.43. The molecule has 0 bridgehead atoms. The van der Waals surface area contributed by atoms with Gasteiger partial charge in [-0.2, -0.15) is 8.42 Å². The largest absolute Gasteiger partial charge is 0.508 e. The summed E-state index contributed by atoms with van der Waals surface area (Å²) in [4.78, 5) is 37.7. The molecule has 0 unspecified atom stereocenters. The van der Waals surface area contributed by atoms with E-state index >= 15 is 0 Å². The van der Waals surface area contributed by atoms with Crippen LogP contribution in [0.15, 0.2) is 60.7 Å². The van der Waals surface area contributed by atoms with Crippen molar-refractivity contribution in [1.29, 1.82) is 0 Å². The summed E-state index contributed by atoms with van der Waals surface area (Å²) < 4.78 is 31.6. The molecule has 0 spiro atoms. The molecule has 3 aromatic rings. The van der Waals surface area contributed by atoms with Crippen molar-refractivity contribution < 1.29 is 52.4 Å². The molecule has 0 aliphatic heterocycles. The predicted octanol–water partition coefficient (Wildman–Crippen LogP) is 2.97. The van der Waals surface area contributed by atoms with Crippen molar-refractivity contribution in [1.82, 2.24) is 0 Å². The zero-order valence-corrected chi connectivity index (χ0v) is 19.7. The predicted molar refractivity (Wildman–Crippen MR) is 128 cm³/mol. The number of nitrogens with zero attached hydrogens (tertiary/aromatic N) is 3. The van der Waals surface area contributed by atoms with Crippen LogP contribution in [0.1, 0.15) is 11.1 Å². The van der Waals surface area contributed by atoms with E-state index in [-0.39, 0.29) is 51.9 Å². The molecule has 5 N–H and O–H groups in total. The van der Waals surface area contributed by atoms with Gasteiger partial charge in [0.15, 0.2) is 0 Å². The molecular weight excluding hydrogens is 538 g/mol. The number of carbonyl (C=O) groups excluding carboxylic acids is 1. The zero-order chi connectivity index (χ0) is 29.6. The van der Waals surface area contributed by atoms with Gasteiger partial charge in [0.05, 0.1) is 14.8 Å². The maximum Gasteiger partial charge on any atom is 0.394 e. The van der Waals surface area contributed by atoms with Gasteiger partial charge in [0, 0.05) is 53.9 Å². The van der Waals surface area contributed by atoms with Crippen molar-refractivity contribution in [3.8, 4) is 17.2 Å². The van der Waals surface area contributed by atoms with Gasteiger partial charge in [-0.15, -0.1) is 0 Å². The number of non-ortho nitro benzene ring substituents is 3. The highest BCUT2D eigenvalue weighted by Gasteiger charge is 2.15. The Morgan fingerprint density at radius 3 is 1.21 bits per heavy atom. The van der Waals surface area contributed by atoms with Crippen LogP contribution in [0.3, 0.4) is 0 Å². The highest BCUT2D eigenvalue weighted by Crippen LogP contribution is 2.30. The SMILES string of the molecule is C=O.O=S(=O)(O)O.O=[N+]([O-])c1ccc(O)c(Cc2cc([N+](=O)[O-])ccc2O)c1.O=[N+]([O-])c1ccc(O)cc1. The van der Waals surface area contributed by atoms with Gasteiger partial charge in [-0.05, 0) is 24.3 Å². The summed E-state index contributed by atoms with van der Waals surface area (Å²) >= 11 is 0. The number of rotatable bonds is 5. The van der Waals surface area contributed by atoms with Crippen LogP contribution in [0.2, 0.25) is 0 Å². The van der Waals surface area contributed by atoms with E-state index in [1.165, 1.54) is 36.4 Å². The molecule has 38 heavy (non-hydrogen) atoms. The van der Waals surface area contributed by atoms with Gasteiger partial charge < -0.3 is 20.1 Å². The summed E-state index contributed by atoms with van der Waals surface area (Å²) in [7, 11) is -4.67. The van der Waals surface area contributed by atoms with E-state index < -0.39 is 25.2 Å². The lowest BCUT2D eigenvalue weighted by Crippen LogP contribution is -1.95. The van der Waals surface area contributed by atoms with Crippen LogP contribution in [0.4, 0.5) is 17.1 Å². The molecule has 17 nitrogen and oxygen atoms in total. The molecule has 0 saturated heterocycles. The Labute approximate surface area is 212 Å². The third kappa shape index (κ3) is 12.5. The fraction of sp³-hybridized carbons (Fsp3) is 0.0500. The van der Waals surface area contributed by atoms with Crippen molar-refractivity contribution in [2.24, 2.45) is 0 Å². The van der Waals surface area contributed by atoms with Gasteiger partial charge >= 0.3 is 10.4 Å². The average Bonchev–Trinajstić information content (AvgIpc) is 2.82. The molecular formula is C20H19N3O14S. The minimum atomic E-state index is -4.67. The lowest BCUT2D eigenvalue weighted by Gasteiger charge is -2.07. The van der Waals surface area contributed by atoms with Crippen LogP contribution in [-0.2, 0) is 21.6 Å². The molecule has 0 saturated carbocycles. The van der Waals surface area contributed by atoms with Crippen LogP contribution in [0.5, 0.6) is 17.2 Å². The van der Waals surface area contributed by atoms with Crippen molar-refractivity contribution in [3.05, 3.63) is 102 Å². The first-order chi connectivity index (χ1) is 17.6. The second-order valence-electron chi connectivity index (χ2n) is 6.54. The lowest BCUT2D eigenvalue weighted by atomic mass is 10.0. The van der Waals surface area contributed by atoms with E-state index in [0.29, 0.717) is 0 Å². The quantitative estimate of drug-likeness (QED) is 0.171. The maximum absolute atomic E-state index is 10.7. The smallest absolute Gasteiger partial charge is 0.394 e. The van der Waals surface area contributed by atoms with E-state index in [1.807, 2.05) is 6.79 Å². The summed E-state index contributed by atoms with van der Waals surface area (Å²) in [6.45, 7) is 2.00. The minimum absolute atomic E-state index is 0.0159. The first kappa shape index (κ1) is 32.8. The summed E-state index contributed by atoms with van der Waals surface area (Å²) in [5.41, 5.74) is -0.0572. The average molecular weight is 557 g/mol. The van der Waals surface area contributed by atoms with Crippen molar-refractivity contribution >= 4 is 34.3 Å². The Morgan fingerprint density at radius 2 is 0.921 bits per heavy atom. The monoisotopic (exact) mass is 557 g/mol. The highest BCUT2D eigenvalue weighted by molar-refractivity contribution is 7.79. The summed E-state index contributed by atoms with van der Waals surface area (Å²) in [6, 6.07) is 12.0. The molecule has 0 amide bonds. The molecule has 0 aromatic heterocycles. The summed E-state index contributed by atoms with van der Waals surface area (Å²) in [5, 5.41) is 59.6. The first-order valence-corrected chi connectivity index (χ1v) is 10.8. The second kappa shape index (κ2) is 15.0. The second-order valence-corrected chi connectivity index (χ2v) is 7.43. The van der Waals surface area contributed by atoms with Gasteiger partial charge in [0.2, 0.25) is 0 Å². The maximum atomic E-state index is 10.7. The Bertz CT molecular complexity index is 1310. The molecule has 204 valence electrons. The van der Waals surface area contributed by atoms with Crippen LogP contribution in [0.25, 0.3) is 0 Å². The van der Waals surface area contributed by atoms with E-state index in [9.17, 15) is 40.6 Å². The number of phenolic OH excluding ortho intramolecular Hbond substituents is 3. The van der Waals surface area contributed by atoms with Crippen molar-refractivity contribution in [2.45, 2.75) is 6.42 Å². The van der Waals surface area contributed by atoms with Crippen molar-refractivity contribution in [3.63, 3.8) is 0 Å². The Balaban J connectivity index is 0.000000666. The summed E-state index contributed by atoms with van der Waals surface area (Å²) in [6.07, 6.45) is -0.0684. The van der Waals surface area contributed by atoms with Crippen LogP contribution in [0, 0.1) is 30.3 Å². The molecule has 0 atom stereocenters. The number of carbonyl (C=O) groups is 1. The van der Waals surface area contributed by atoms with Crippen LogP contribution < -0.4 is 0 Å². The summed E-state index contributed by atoms with van der Waals surface area (Å²) in [5.74, 6) is -0.344. The van der Waals surface area contributed by atoms with Crippen LogP contribution in [-0.4, -0.2) is 54.4 Å². The van der Waals surface area contributed by atoms with Gasteiger partial charge in [0.1, 0.15) is 24.0 Å². The molecule has 0 aliphatic rings. The molecule has 0 aliphatic carbocycles. The standard InChI is InChI=1S/C13H10N2O6.C6H5NO3.CH2O.H2O4S/c16-12-3-1-10(14(18)19)6-8(12)5-9-7-11(15(20)21)2-4-13(9)17;8-6-3-1-5(2-4-6)7(9)10;1-2;1-5(2,3)4/h1-4,6-7,16-17H,5H2;1-4,8H;1H2;(H2,1,2,3,4). The van der Waals surface area contributed by atoms with E-state index in [4.69, 9.17) is 27.4 Å². The zero-order valence-electron chi connectivity index (χ0n) is 18.8. The fourth-order valence-corrected chi connectivity index (χ4v) is 2.43. The van der Waals surface area contributed by atoms with Gasteiger partial charge in [-0.25, -0.2) is 0 Å². The van der Waals surface area contributed by atoms with E-state index in [1.54, 1.807) is 0 Å². The number of nitro groups is 3. The van der Waals surface area contributed by atoms with E-state index in [2.05, 4.69) is 0 Å². The van der Waals surface area contributed by atoms with Gasteiger partial charge in [-0.1, -0.05) is 0 Å². The van der Waals surface area contributed by atoms with Crippen LogP contribution >= 0.6 is 0 Å². The van der Waals surface area contributed by atoms with Crippen molar-refractivity contribution in [2.75, 3.05) is 0 Å². The number of hydrogen-bond donors (Lipinski definition) is 5. The number of phenols is 3. The first-order valence-electron chi connectivity index (χ1n) is 9.43. The minimum Gasteiger partial charge on any atom is -0.508 e. The Kier molecular flexibility index (Phi) is 13.0. The molecule has 0 fully saturated rings. The molecule has 3 rings (SSSR count). The van der Waals surface area contributed by atoms with Gasteiger partial charge in [0.25, 0.3) is 17.1 Å². The lowest BCUT2D eigenvalue weighted by molar-refractivity contribution is -0.385. The van der Waals surface area contributed by atoms with E-state index in [0.717, 1.165) is 24.3 Å². The normalized spacial score (nSPS) is 9.74. The molecule has 3 aromatic carbocycles. The number of aromatic hydroxyl groups is 3. The molecule has 0 radical (unpaired) electrons. The topological polar surface area (TPSA) is 282 Å². The Hall–Kier alpha value is -5.20. The molecule has 18 heteroatoms. The third-order valence-electron chi connectivity index (χ3n) is 3.99. The Morgan fingerprint density at radius 1 is 0.632 bits per heavy atom. The number of hydrogen-bond acceptors (Lipinski definition) is 12. The molecule has 0 heterocycles. The number of benzene rings is 3. The van der Waals surface area contributed by atoms with Gasteiger partial charge in [-0.3, -0.25) is 39.4 Å².